The van der Waals surface area contributed by atoms with Gasteiger partial charge >= 0.3 is 17.9 Å². The molecule has 0 aliphatic heterocycles. The Hall–Kier alpha value is -2.61. The average molecular weight is 478 g/mol. The Labute approximate surface area is 191 Å². The second kappa shape index (κ2) is 16.1. The third kappa shape index (κ3) is 10.2. The molecule has 0 aliphatic rings. The van der Waals surface area contributed by atoms with Gasteiger partial charge in [0.2, 0.25) is 0 Å². The maximum absolute atomic E-state index is 10.8. The van der Waals surface area contributed by atoms with E-state index in [1.807, 2.05) is 6.92 Å². The van der Waals surface area contributed by atoms with Crippen LogP contribution in [0.3, 0.4) is 0 Å². The van der Waals surface area contributed by atoms with Crippen molar-refractivity contribution in [2.24, 2.45) is 16.2 Å². The molecule has 0 spiro atoms. The minimum absolute atomic E-state index is 0.156. The molecule has 0 atom stereocenters. The fourth-order valence-electron chi connectivity index (χ4n) is 2.63. The van der Waals surface area contributed by atoms with Crippen molar-refractivity contribution >= 4 is 17.9 Å². The van der Waals surface area contributed by atoms with Crippen molar-refractivity contribution in [3.05, 3.63) is 36.5 Å². The third-order valence-corrected chi connectivity index (χ3v) is 5.41. The molecular formula is C21H34O12. The SMILES string of the molecule is CCC(CO)(CO)CO.O=C(O)C=CCC(C=CC(=O)O)(C=CC(=O)O)C(CO)(CO)CO. The second-order valence-corrected chi connectivity index (χ2v) is 7.41. The predicted molar refractivity (Wildman–Crippen MR) is 115 cm³/mol. The number of carbonyl (C=O) groups is 3. The van der Waals surface area contributed by atoms with E-state index in [9.17, 15) is 29.7 Å². The Morgan fingerprint density at radius 3 is 1.21 bits per heavy atom. The van der Waals surface area contributed by atoms with Gasteiger partial charge in [-0.1, -0.05) is 25.2 Å². The van der Waals surface area contributed by atoms with Crippen LogP contribution in [0.15, 0.2) is 36.5 Å². The zero-order valence-electron chi connectivity index (χ0n) is 18.4. The predicted octanol–water partition coefficient (Wildman–Crippen LogP) is -1.39. The van der Waals surface area contributed by atoms with Gasteiger partial charge in [0.1, 0.15) is 0 Å². The standard InChI is InChI=1S/C15H20O9.C6H14O3/c16-8-15(9-17,10-18)14(6-3-12(21)22,7-4-13(23)24)5-1-2-11(19)20;1-2-6(3-7,4-8)5-9/h1-4,6-7,16-18H,5,8-10H2,(H,19,20)(H,21,22)(H,23,24);7-9H,2-5H2,1H3. The zero-order valence-corrected chi connectivity index (χ0v) is 18.4. The lowest BCUT2D eigenvalue weighted by Crippen LogP contribution is -2.48. The summed E-state index contributed by atoms with van der Waals surface area (Å²) in [5, 5.41) is 81.2. The summed E-state index contributed by atoms with van der Waals surface area (Å²) in [6.45, 7) is -1.08. The fourth-order valence-corrected chi connectivity index (χ4v) is 2.63. The Balaban J connectivity index is 0. The Morgan fingerprint density at radius 1 is 0.636 bits per heavy atom. The van der Waals surface area contributed by atoms with E-state index in [0.717, 1.165) is 24.3 Å². The first-order chi connectivity index (χ1) is 15.4. The van der Waals surface area contributed by atoms with E-state index in [-0.39, 0.29) is 26.2 Å². The lowest BCUT2D eigenvalue weighted by atomic mass is 9.61. The Morgan fingerprint density at radius 2 is 1.00 bits per heavy atom. The van der Waals surface area contributed by atoms with Crippen LogP contribution in [0.25, 0.3) is 0 Å². The van der Waals surface area contributed by atoms with Crippen LogP contribution in [-0.2, 0) is 14.4 Å². The topological polar surface area (TPSA) is 233 Å². The molecule has 0 aliphatic carbocycles. The zero-order chi connectivity index (χ0) is 26.1. The highest BCUT2D eigenvalue weighted by molar-refractivity contribution is 5.81. The monoisotopic (exact) mass is 478 g/mol. The number of aliphatic hydroxyl groups is 6. The first-order valence-corrected chi connectivity index (χ1v) is 9.82. The first kappa shape index (κ1) is 32.6. The summed E-state index contributed by atoms with van der Waals surface area (Å²) in [5.41, 5.74) is -4.05. The third-order valence-electron chi connectivity index (χ3n) is 5.41. The summed E-state index contributed by atoms with van der Waals surface area (Å²) < 4.78 is 0. The van der Waals surface area contributed by atoms with E-state index in [0.29, 0.717) is 18.6 Å². The van der Waals surface area contributed by atoms with Gasteiger partial charge in [-0.15, -0.1) is 0 Å². The quantitative estimate of drug-likeness (QED) is 0.124. The number of allylic oxidation sites excluding steroid dienone is 3. The number of hydrogen-bond acceptors (Lipinski definition) is 9. The van der Waals surface area contributed by atoms with E-state index >= 15 is 0 Å². The molecule has 0 unspecified atom stereocenters. The van der Waals surface area contributed by atoms with E-state index in [4.69, 9.17) is 30.6 Å². The van der Waals surface area contributed by atoms with Crippen LogP contribution in [0.4, 0.5) is 0 Å². The van der Waals surface area contributed by atoms with Crippen LogP contribution in [0.5, 0.6) is 0 Å². The first-order valence-electron chi connectivity index (χ1n) is 9.82. The van der Waals surface area contributed by atoms with Crippen LogP contribution in [0.2, 0.25) is 0 Å². The van der Waals surface area contributed by atoms with Gasteiger partial charge in [0.25, 0.3) is 0 Å². The number of hydrogen-bond donors (Lipinski definition) is 9. The normalized spacial score (nSPS) is 14.3. The van der Waals surface area contributed by atoms with E-state index < -0.39 is 54.0 Å². The molecule has 0 aromatic rings. The van der Waals surface area contributed by atoms with Gasteiger partial charge in [0.05, 0.1) is 45.1 Å². The Bertz CT molecular complexity index is 638. The molecule has 0 aromatic heterocycles. The molecule has 0 bridgehead atoms. The van der Waals surface area contributed by atoms with Crippen molar-refractivity contribution in [2.75, 3.05) is 39.6 Å². The smallest absolute Gasteiger partial charge is 0.328 e. The summed E-state index contributed by atoms with van der Waals surface area (Å²) in [6.07, 6.45) is 5.50. The molecule has 12 heteroatoms. The van der Waals surface area contributed by atoms with E-state index in [1.165, 1.54) is 0 Å². The van der Waals surface area contributed by atoms with Gasteiger partial charge in [-0.3, -0.25) is 0 Å². The van der Waals surface area contributed by atoms with Gasteiger partial charge in [-0.2, -0.15) is 0 Å². The molecule has 0 saturated carbocycles. The Kier molecular flexibility index (Phi) is 15.9. The minimum Gasteiger partial charge on any atom is -0.478 e. The van der Waals surface area contributed by atoms with Crippen LogP contribution in [-0.4, -0.2) is 104 Å². The molecule has 12 nitrogen and oxygen atoms in total. The van der Waals surface area contributed by atoms with Crippen molar-refractivity contribution < 1.29 is 60.3 Å². The van der Waals surface area contributed by atoms with Crippen molar-refractivity contribution in [2.45, 2.75) is 19.8 Å². The van der Waals surface area contributed by atoms with Crippen molar-refractivity contribution in [3.63, 3.8) is 0 Å². The second-order valence-electron chi connectivity index (χ2n) is 7.41. The average Bonchev–Trinajstić information content (AvgIpc) is 2.79. The lowest BCUT2D eigenvalue weighted by molar-refractivity contribution is -0.132. The molecule has 33 heavy (non-hydrogen) atoms. The van der Waals surface area contributed by atoms with E-state index in [2.05, 4.69) is 0 Å². The largest absolute Gasteiger partial charge is 0.478 e. The van der Waals surface area contributed by atoms with E-state index in [1.54, 1.807) is 0 Å². The number of aliphatic hydroxyl groups excluding tert-OH is 6. The van der Waals surface area contributed by atoms with Crippen LogP contribution >= 0.6 is 0 Å². The highest BCUT2D eigenvalue weighted by Gasteiger charge is 2.47. The lowest BCUT2D eigenvalue weighted by Gasteiger charge is -2.44. The molecule has 0 rings (SSSR count). The van der Waals surface area contributed by atoms with Gasteiger partial charge in [-0.25, -0.2) is 14.4 Å². The fraction of sp³-hybridized carbons (Fsp3) is 0.571. The maximum atomic E-state index is 10.8. The summed E-state index contributed by atoms with van der Waals surface area (Å²) in [7, 11) is 0. The molecular weight excluding hydrogens is 444 g/mol. The van der Waals surface area contributed by atoms with Gasteiger partial charge in [-0.05, 0) is 12.8 Å². The maximum Gasteiger partial charge on any atom is 0.328 e. The summed E-state index contributed by atoms with van der Waals surface area (Å²) in [4.78, 5) is 32.3. The van der Waals surface area contributed by atoms with Crippen molar-refractivity contribution in [3.8, 4) is 0 Å². The number of carboxylic acids is 3. The molecule has 0 heterocycles. The summed E-state index contributed by atoms with van der Waals surface area (Å²) in [6, 6.07) is 0. The van der Waals surface area contributed by atoms with Gasteiger partial charge in [0, 0.05) is 29.1 Å². The van der Waals surface area contributed by atoms with Gasteiger partial charge < -0.3 is 46.0 Å². The molecule has 9 N–H and O–H groups in total. The highest BCUT2D eigenvalue weighted by atomic mass is 16.4. The molecule has 0 fully saturated rings. The molecule has 0 saturated heterocycles. The summed E-state index contributed by atoms with van der Waals surface area (Å²) >= 11 is 0. The molecule has 0 aromatic carbocycles. The van der Waals surface area contributed by atoms with Crippen molar-refractivity contribution in [1.29, 1.82) is 0 Å². The van der Waals surface area contributed by atoms with Crippen molar-refractivity contribution in [1.82, 2.24) is 0 Å². The van der Waals surface area contributed by atoms with Crippen LogP contribution in [0.1, 0.15) is 19.8 Å². The molecule has 190 valence electrons. The number of aliphatic carboxylic acids is 3. The molecule has 0 radical (unpaired) electrons. The highest BCUT2D eigenvalue weighted by Crippen LogP contribution is 2.45. The van der Waals surface area contributed by atoms with Gasteiger partial charge in [0.15, 0.2) is 0 Å². The number of carboxylic acid groups (broad SMARTS) is 3. The van der Waals surface area contributed by atoms with Crippen LogP contribution < -0.4 is 0 Å². The number of rotatable bonds is 15. The minimum atomic E-state index is -1.73. The van der Waals surface area contributed by atoms with Crippen LogP contribution in [0, 0.1) is 16.2 Å². The summed E-state index contributed by atoms with van der Waals surface area (Å²) in [5.74, 6) is -4.06. The molecule has 0 amide bonds.